The van der Waals surface area contributed by atoms with Crippen LogP contribution in [0.5, 0.6) is 5.75 Å². The molecule has 0 atom stereocenters. The average molecular weight is 334 g/mol. The Morgan fingerprint density at radius 2 is 1.95 bits per heavy atom. The third-order valence-corrected chi connectivity index (χ3v) is 3.17. The highest BCUT2D eigenvalue weighted by Crippen LogP contribution is 2.24. The number of amides is 1. The Morgan fingerprint density at radius 3 is 2.65 bits per heavy atom. The van der Waals surface area contributed by atoms with Gasteiger partial charge >= 0.3 is 0 Å². The standard InChI is InChI=1S/C16H16BrNO2/c1-2-10-20-15-9-8-12(17)11-14(15)16(19)18-13-6-4-3-5-7-13/h3-9,11H,2,10H2,1H3,(H,18,19). The fourth-order valence-electron chi connectivity index (χ4n) is 1.74. The van der Waals surface area contributed by atoms with Crippen molar-refractivity contribution in [2.75, 3.05) is 11.9 Å². The van der Waals surface area contributed by atoms with E-state index in [1.807, 2.05) is 43.3 Å². The van der Waals surface area contributed by atoms with Crippen molar-refractivity contribution in [3.8, 4) is 5.75 Å². The molecule has 0 aromatic heterocycles. The number of para-hydroxylation sites is 1. The van der Waals surface area contributed by atoms with Gasteiger partial charge in [-0.15, -0.1) is 0 Å². The number of nitrogens with one attached hydrogen (secondary N) is 1. The highest BCUT2D eigenvalue weighted by Gasteiger charge is 2.13. The van der Waals surface area contributed by atoms with Crippen molar-refractivity contribution in [2.24, 2.45) is 0 Å². The molecule has 2 aromatic carbocycles. The number of halogens is 1. The van der Waals surface area contributed by atoms with E-state index in [9.17, 15) is 4.79 Å². The molecule has 2 aromatic rings. The summed E-state index contributed by atoms with van der Waals surface area (Å²) in [6, 6.07) is 14.8. The average Bonchev–Trinajstić information content (AvgIpc) is 2.47. The number of hydrogen-bond acceptors (Lipinski definition) is 2. The van der Waals surface area contributed by atoms with E-state index in [4.69, 9.17) is 4.74 Å². The first kappa shape index (κ1) is 14.6. The fourth-order valence-corrected chi connectivity index (χ4v) is 2.10. The SMILES string of the molecule is CCCOc1ccc(Br)cc1C(=O)Nc1ccccc1. The van der Waals surface area contributed by atoms with Gasteiger partial charge in [0.1, 0.15) is 5.75 Å². The lowest BCUT2D eigenvalue weighted by molar-refractivity contribution is 0.102. The maximum Gasteiger partial charge on any atom is 0.259 e. The maximum absolute atomic E-state index is 12.3. The first-order chi connectivity index (χ1) is 9.70. The Bertz CT molecular complexity index is 584. The molecule has 0 aliphatic carbocycles. The molecule has 0 bridgehead atoms. The summed E-state index contributed by atoms with van der Waals surface area (Å²) in [5, 5.41) is 2.86. The van der Waals surface area contributed by atoms with Gasteiger partial charge in [-0.1, -0.05) is 41.1 Å². The third kappa shape index (κ3) is 3.84. The molecule has 0 heterocycles. The van der Waals surface area contributed by atoms with E-state index < -0.39 is 0 Å². The van der Waals surface area contributed by atoms with Gasteiger partial charge in [0.15, 0.2) is 0 Å². The van der Waals surface area contributed by atoms with Gasteiger partial charge in [-0.3, -0.25) is 4.79 Å². The van der Waals surface area contributed by atoms with Crippen molar-refractivity contribution >= 4 is 27.5 Å². The zero-order valence-corrected chi connectivity index (χ0v) is 12.8. The molecule has 0 aliphatic heterocycles. The molecule has 0 saturated heterocycles. The Morgan fingerprint density at radius 1 is 1.20 bits per heavy atom. The van der Waals surface area contributed by atoms with Crippen LogP contribution in [0.15, 0.2) is 53.0 Å². The predicted octanol–water partition coefficient (Wildman–Crippen LogP) is 4.49. The summed E-state index contributed by atoms with van der Waals surface area (Å²) in [5.41, 5.74) is 1.29. The number of carbonyl (C=O) groups is 1. The van der Waals surface area contributed by atoms with Gasteiger partial charge in [0.05, 0.1) is 12.2 Å². The largest absolute Gasteiger partial charge is 0.493 e. The summed E-state index contributed by atoms with van der Waals surface area (Å²) in [6.07, 6.45) is 0.899. The van der Waals surface area contributed by atoms with Crippen LogP contribution in [0.4, 0.5) is 5.69 Å². The van der Waals surface area contributed by atoms with Crippen molar-refractivity contribution < 1.29 is 9.53 Å². The molecule has 0 aliphatic rings. The highest BCUT2D eigenvalue weighted by atomic mass is 79.9. The summed E-state index contributed by atoms with van der Waals surface area (Å²) in [7, 11) is 0. The summed E-state index contributed by atoms with van der Waals surface area (Å²) < 4.78 is 6.47. The lowest BCUT2D eigenvalue weighted by atomic mass is 10.2. The van der Waals surface area contributed by atoms with Crippen LogP contribution in [-0.2, 0) is 0 Å². The van der Waals surface area contributed by atoms with Gasteiger partial charge in [-0.2, -0.15) is 0 Å². The van der Waals surface area contributed by atoms with Crippen LogP contribution in [0.1, 0.15) is 23.7 Å². The molecule has 1 N–H and O–H groups in total. The molecular formula is C16H16BrNO2. The van der Waals surface area contributed by atoms with Gasteiger partial charge in [-0.05, 0) is 36.8 Å². The van der Waals surface area contributed by atoms with E-state index >= 15 is 0 Å². The van der Waals surface area contributed by atoms with Gasteiger partial charge in [0.25, 0.3) is 5.91 Å². The van der Waals surface area contributed by atoms with Crippen molar-refractivity contribution in [3.05, 3.63) is 58.6 Å². The Hall–Kier alpha value is -1.81. The summed E-state index contributed by atoms with van der Waals surface area (Å²) in [4.78, 5) is 12.3. The molecule has 0 fully saturated rings. The van der Waals surface area contributed by atoms with Gasteiger partial charge in [0, 0.05) is 10.2 Å². The second-order valence-corrected chi connectivity index (χ2v) is 5.22. The molecule has 4 heteroatoms. The minimum Gasteiger partial charge on any atom is -0.493 e. The van der Waals surface area contributed by atoms with Crippen LogP contribution in [-0.4, -0.2) is 12.5 Å². The van der Waals surface area contributed by atoms with Crippen molar-refractivity contribution in [1.29, 1.82) is 0 Å². The first-order valence-corrected chi connectivity index (χ1v) is 7.28. The smallest absolute Gasteiger partial charge is 0.259 e. The number of carbonyl (C=O) groups excluding carboxylic acids is 1. The minimum atomic E-state index is -0.177. The van der Waals surface area contributed by atoms with E-state index in [0.29, 0.717) is 17.9 Å². The van der Waals surface area contributed by atoms with Gasteiger partial charge in [0.2, 0.25) is 0 Å². The topological polar surface area (TPSA) is 38.3 Å². The molecular weight excluding hydrogens is 318 g/mol. The summed E-state index contributed by atoms with van der Waals surface area (Å²) in [6.45, 7) is 2.62. The molecule has 0 radical (unpaired) electrons. The number of rotatable bonds is 5. The van der Waals surface area contributed by atoms with E-state index in [1.54, 1.807) is 12.1 Å². The lowest BCUT2D eigenvalue weighted by Crippen LogP contribution is -2.14. The first-order valence-electron chi connectivity index (χ1n) is 6.49. The van der Waals surface area contributed by atoms with Crippen molar-refractivity contribution in [1.82, 2.24) is 0 Å². The van der Waals surface area contributed by atoms with Crippen LogP contribution < -0.4 is 10.1 Å². The van der Waals surface area contributed by atoms with Crippen LogP contribution >= 0.6 is 15.9 Å². The minimum absolute atomic E-state index is 0.177. The summed E-state index contributed by atoms with van der Waals surface area (Å²) in [5.74, 6) is 0.423. The number of benzene rings is 2. The van der Waals surface area contributed by atoms with Gasteiger partial charge < -0.3 is 10.1 Å². The zero-order valence-electron chi connectivity index (χ0n) is 11.2. The third-order valence-electron chi connectivity index (χ3n) is 2.68. The molecule has 1 amide bonds. The molecule has 0 unspecified atom stereocenters. The molecule has 20 heavy (non-hydrogen) atoms. The fraction of sp³-hybridized carbons (Fsp3) is 0.188. The number of ether oxygens (including phenoxy) is 1. The second-order valence-electron chi connectivity index (χ2n) is 4.31. The molecule has 0 saturated carbocycles. The van der Waals surface area contributed by atoms with Crippen LogP contribution in [0.2, 0.25) is 0 Å². The van der Waals surface area contributed by atoms with E-state index in [-0.39, 0.29) is 5.91 Å². The summed E-state index contributed by atoms with van der Waals surface area (Å²) >= 11 is 3.38. The van der Waals surface area contributed by atoms with E-state index in [1.165, 1.54) is 0 Å². The zero-order chi connectivity index (χ0) is 14.4. The van der Waals surface area contributed by atoms with Crippen molar-refractivity contribution in [3.63, 3.8) is 0 Å². The maximum atomic E-state index is 12.3. The lowest BCUT2D eigenvalue weighted by Gasteiger charge is -2.11. The van der Waals surface area contributed by atoms with Crippen LogP contribution in [0.25, 0.3) is 0 Å². The van der Waals surface area contributed by atoms with Crippen molar-refractivity contribution in [2.45, 2.75) is 13.3 Å². The normalized spacial score (nSPS) is 10.1. The monoisotopic (exact) mass is 333 g/mol. The second kappa shape index (κ2) is 7.10. The Labute approximate surface area is 127 Å². The van der Waals surface area contributed by atoms with E-state index in [0.717, 1.165) is 16.6 Å². The quantitative estimate of drug-likeness (QED) is 0.875. The number of hydrogen-bond donors (Lipinski definition) is 1. The molecule has 3 nitrogen and oxygen atoms in total. The van der Waals surface area contributed by atoms with Gasteiger partial charge in [-0.25, -0.2) is 0 Å². The van der Waals surface area contributed by atoms with Crippen LogP contribution in [0, 0.1) is 0 Å². The molecule has 2 rings (SSSR count). The molecule has 0 spiro atoms. The number of anilines is 1. The molecule has 104 valence electrons. The van der Waals surface area contributed by atoms with E-state index in [2.05, 4.69) is 21.2 Å². The highest BCUT2D eigenvalue weighted by molar-refractivity contribution is 9.10. The Kier molecular flexibility index (Phi) is 5.18. The Balaban J connectivity index is 2.21. The predicted molar refractivity (Wildman–Crippen MR) is 84.3 cm³/mol. The van der Waals surface area contributed by atoms with Crippen LogP contribution in [0.3, 0.4) is 0 Å².